The van der Waals surface area contributed by atoms with Crippen molar-refractivity contribution in [3.8, 4) is 0 Å². The molecule has 7 heteroatoms. The van der Waals surface area contributed by atoms with Gasteiger partial charge in [0.1, 0.15) is 5.92 Å². The highest BCUT2D eigenvalue weighted by atomic mass is 35.5. The summed E-state index contributed by atoms with van der Waals surface area (Å²) in [6, 6.07) is 21.7. The van der Waals surface area contributed by atoms with Crippen molar-refractivity contribution in [3.63, 3.8) is 0 Å². The zero-order valence-electron chi connectivity index (χ0n) is 16.5. The van der Waals surface area contributed by atoms with Gasteiger partial charge >= 0.3 is 0 Å². The molecular formula is C24H18Cl2N2O3. The van der Waals surface area contributed by atoms with Gasteiger partial charge in [0.05, 0.1) is 27.5 Å². The van der Waals surface area contributed by atoms with Crippen LogP contribution in [-0.2, 0) is 14.4 Å². The molecule has 3 aromatic carbocycles. The number of carbonyl (C=O) groups is 2. The normalized spacial score (nSPS) is 22.9. The summed E-state index contributed by atoms with van der Waals surface area (Å²) >= 11 is 12.1. The molecule has 0 spiro atoms. The first-order chi connectivity index (χ1) is 15.0. The third-order valence-corrected chi connectivity index (χ3v) is 6.45. The lowest BCUT2D eigenvalue weighted by atomic mass is 9.90. The largest absolute Gasteiger partial charge is 0.273 e. The highest BCUT2D eigenvalue weighted by molar-refractivity contribution is 6.42. The number of hydroxylamine groups is 1. The zero-order chi connectivity index (χ0) is 21.7. The second-order valence-corrected chi connectivity index (χ2v) is 8.49. The molecule has 0 aromatic heterocycles. The minimum atomic E-state index is -0.923. The number of carbonyl (C=O) groups excluding carboxylic acids is 2. The van der Waals surface area contributed by atoms with Crippen LogP contribution in [0.2, 0.25) is 10.0 Å². The van der Waals surface area contributed by atoms with Crippen LogP contribution < -0.4 is 9.96 Å². The number of hydrogen-bond donors (Lipinski definition) is 0. The summed E-state index contributed by atoms with van der Waals surface area (Å²) in [4.78, 5) is 34.1. The fraction of sp³-hybridized carbons (Fsp3) is 0.167. The molecule has 2 heterocycles. The van der Waals surface area contributed by atoms with E-state index in [-0.39, 0.29) is 10.9 Å². The molecule has 2 amide bonds. The maximum absolute atomic E-state index is 13.5. The van der Waals surface area contributed by atoms with E-state index in [9.17, 15) is 9.59 Å². The first-order valence-electron chi connectivity index (χ1n) is 9.86. The number of fused-ring (bicyclic) bond motifs is 1. The van der Waals surface area contributed by atoms with Crippen molar-refractivity contribution in [3.05, 3.63) is 94.0 Å². The Labute approximate surface area is 189 Å². The molecule has 2 fully saturated rings. The quantitative estimate of drug-likeness (QED) is 0.502. The van der Waals surface area contributed by atoms with Crippen LogP contribution in [0.3, 0.4) is 0 Å². The highest BCUT2D eigenvalue weighted by Crippen LogP contribution is 2.47. The van der Waals surface area contributed by atoms with Gasteiger partial charge in [-0.25, -0.2) is 9.96 Å². The summed E-state index contributed by atoms with van der Waals surface area (Å²) in [5.41, 5.74) is 3.18. The van der Waals surface area contributed by atoms with E-state index in [4.69, 9.17) is 28.0 Å². The SMILES string of the molecule is Cc1ccc([C@H]2[C@@H]3C(=O)N(c4ccc(Cl)c(Cl)c4)C(=O)[C@@H]3ON2c2ccccc2)cc1. The fourth-order valence-electron chi connectivity index (χ4n) is 4.19. The summed E-state index contributed by atoms with van der Waals surface area (Å²) < 4.78 is 0. The van der Waals surface area contributed by atoms with Crippen molar-refractivity contribution in [1.29, 1.82) is 0 Å². The van der Waals surface area contributed by atoms with Gasteiger partial charge in [0, 0.05) is 0 Å². The zero-order valence-corrected chi connectivity index (χ0v) is 18.0. The predicted molar refractivity (Wildman–Crippen MR) is 120 cm³/mol. The lowest BCUT2D eigenvalue weighted by Crippen LogP contribution is -2.37. The smallest absolute Gasteiger partial charge is 0.266 e. The second kappa shape index (κ2) is 7.68. The molecule has 2 saturated heterocycles. The first kappa shape index (κ1) is 20.1. The van der Waals surface area contributed by atoms with Crippen LogP contribution in [0.1, 0.15) is 17.2 Å². The Balaban J connectivity index is 1.58. The molecule has 5 nitrogen and oxygen atoms in total. The average Bonchev–Trinajstić information content (AvgIpc) is 3.28. The summed E-state index contributed by atoms with van der Waals surface area (Å²) in [6.07, 6.45) is -0.923. The van der Waals surface area contributed by atoms with Crippen LogP contribution in [0.25, 0.3) is 0 Å². The van der Waals surface area contributed by atoms with Gasteiger partial charge in [-0.15, -0.1) is 0 Å². The van der Waals surface area contributed by atoms with Gasteiger partial charge in [-0.2, -0.15) is 0 Å². The first-order valence-corrected chi connectivity index (χ1v) is 10.6. The maximum Gasteiger partial charge on any atom is 0.266 e. The molecule has 3 aromatic rings. The van der Waals surface area contributed by atoms with Gasteiger partial charge in [-0.05, 0) is 42.8 Å². The van der Waals surface area contributed by atoms with Crippen LogP contribution in [-0.4, -0.2) is 17.9 Å². The van der Waals surface area contributed by atoms with Gasteiger partial charge in [0.2, 0.25) is 5.91 Å². The van der Waals surface area contributed by atoms with E-state index < -0.39 is 24.0 Å². The van der Waals surface area contributed by atoms with Gasteiger partial charge in [-0.1, -0.05) is 71.2 Å². The Bertz CT molecular complexity index is 1170. The van der Waals surface area contributed by atoms with E-state index in [0.29, 0.717) is 10.7 Å². The fourth-order valence-corrected chi connectivity index (χ4v) is 4.49. The van der Waals surface area contributed by atoms with Crippen molar-refractivity contribution in [2.75, 3.05) is 9.96 Å². The van der Waals surface area contributed by atoms with Crippen LogP contribution in [0.4, 0.5) is 11.4 Å². The Morgan fingerprint density at radius 1 is 0.806 bits per heavy atom. The van der Waals surface area contributed by atoms with Crippen LogP contribution >= 0.6 is 23.2 Å². The molecule has 0 unspecified atom stereocenters. The molecule has 3 atom stereocenters. The van der Waals surface area contributed by atoms with Crippen LogP contribution in [0.5, 0.6) is 0 Å². The van der Waals surface area contributed by atoms with E-state index in [1.807, 2.05) is 61.5 Å². The Hall–Kier alpha value is -2.86. The number of benzene rings is 3. The van der Waals surface area contributed by atoms with Crippen molar-refractivity contribution in [2.45, 2.75) is 19.1 Å². The Morgan fingerprint density at radius 3 is 2.19 bits per heavy atom. The van der Waals surface area contributed by atoms with E-state index in [1.165, 1.54) is 6.07 Å². The Morgan fingerprint density at radius 2 is 1.52 bits per heavy atom. The summed E-state index contributed by atoms with van der Waals surface area (Å²) in [5.74, 6) is -1.42. The lowest BCUT2D eigenvalue weighted by Gasteiger charge is -2.28. The van der Waals surface area contributed by atoms with Crippen molar-refractivity contribution >= 4 is 46.4 Å². The minimum Gasteiger partial charge on any atom is -0.273 e. The van der Waals surface area contributed by atoms with Gasteiger partial charge in [0.15, 0.2) is 6.10 Å². The number of para-hydroxylation sites is 1. The molecule has 0 aliphatic carbocycles. The minimum absolute atomic E-state index is 0.277. The summed E-state index contributed by atoms with van der Waals surface area (Å²) in [6.45, 7) is 2.00. The van der Waals surface area contributed by atoms with E-state index >= 15 is 0 Å². The molecule has 2 aliphatic heterocycles. The maximum atomic E-state index is 13.5. The molecule has 2 aliphatic rings. The molecule has 156 valence electrons. The number of hydrogen-bond acceptors (Lipinski definition) is 4. The van der Waals surface area contributed by atoms with Crippen molar-refractivity contribution in [2.24, 2.45) is 5.92 Å². The Kier molecular flexibility index (Phi) is 4.97. The number of nitrogens with zero attached hydrogens (tertiary/aromatic N) is 2. The third-order valence-electron chi connectivity index (χ3n) is 5.71. The van der Waals surface area contributed by atoms with Gasteiger partial charge < -0.3 is 0 Å². The molecule has 0 radical (unpaired) electrons. The van der Waals surface area contributed by atoms with Crippen LogP contribution in [0.15, 0.2) is 72.8 Å². The van der Waals surface area contributed by atoms with Crippen molar-refractivity contribution < 1.29 is 14.4 Å². The number of halogens is 2. The molecule has 0 bridgehead atoms. The van der Waals surface area contributed by atoms with E-state index in [2.05, 4.69) is 0 Å². The average molecular weight is 453 g/mol. The lowest BCUT2D eigenvalue weighted by molar-refractivity contribution is -0.126. The number of rotatable bonds is 3. The summed E-state index contributed by atoms with van der Waals surface area (Å²) in [5, 5.41) is 2.31. The highest BCUT2D eigenvalue weighted by Gasteiger charge is 2.60. The number of amides is 2. The predicted octanol–water partition coefficient (Wildman–Crippen LogP) is 5.35. The topological polar surface area (TPSA) is 49.9 Å². The molecule has 0 saturated carbocycles. The number of aryl methyl sites for hydroxylation is 1. The molecule has 31 heavy (non-hydrogen) atoms. The molecule has 5 rings (SSSR count). The monoisotopic (exact) mass is 452 g/mol. The summed E-state index contributed by atoms with van der Waals surface area (Å²) in [7, 11) is 0. The standard InChI is InChI=1S/C24H18Cl2N2O3/c1-14-7-9-15(10-8-14)21-20-22(31-28(21)16-5-3-2-4-6-16)24(30)27(23(20)29)17-11-12-18(25)19(26)13-17/h2-13,20-22H,1H3/t20-,21-,22+/m0/s1. The van der Waals surface area contributed by atoms with E-state index in [0.717, 1.165) is 21.7 Å². The number of anilines is 2. The second-order valence-electron chi connectivity index (χ2n) is 7.68. The van der Waals surface area contributed by atoms with Gasteiger partial charge in [-0.3, -0.25) is 14.4 Å². The van der Waals surface area contributed by atoms with Crippen LogP contribution in [0, 0.1) is 12.8 Å². The van der Waals surface area contributed by atoms with Gasteiger partial charge in [0.25, 0.3) is 5.91 Å². The van der Waals surface area contributed by atoms with Crippen molar-refractivity contribution in [1.82, 2.24) is 0 Å². The van der Waals surface area contributed by atoms with E-state index in [1.54, 1.807) is 17.2 Å². The molecular weight excluding hydrogens is 435 g/mol. The number of imide groups is 1. The molecule has 0 N–H and O–H groups in total. The third kappa shape index (κ3) is 3.30.